The number of ether oxygens (including phenoxy) is 2. The normalized spacial score (nSPS) is 9.83. The number of carbonyl (C=O) groups is 2. The Bertz CT molecular complexity index is 692. The number of halogens is 1. The van der Waals surface area contributed by atoms with Gasteiger partial charge in [0.2, 0.25) is 0 Å². The molecule has 2 aromatic carbocycles. The molecule has 0 atom stereocenters. The molecule has 0 saturated heterocycles. The van der Waals surface area contributed by atoms with Gasteiger partial charge in [-0.15, -0.1) is 0 Å². The van der Waals surface area contributed by atoms with Gasteiger partial charge in [-0.3, -0.25) is 20.4 Å². The van der Waals surface area contributed by atoms with Crippen LogP contribution in [0.5, 0.6) is 11.5 Å². The van der Waals surface area contributed by atoms with Crippen LogP contribution in [0, 0.1) is 3.57 Å². The van der Waals surface area contributed by atoms with Crippen LogP contribution in [0.4, 0.5) is 0 Å². The molecular formula is C16H15IN2O4. The number of para-hydroxylation sites is 1. The van der Waals surface area contributed by atoms with E-state index in [1.54, 1.807) is 49.6 Å². The van der Waals surface area contributed by atoms with Gasteiger partial charge in [0.15, 0.2) is 6.61 Å². The first-order valence-corrected chi connectivity index (χ1v) is 7.78. The van der Waals surface area contributed by atoms with Crippen LogP contribution in [0.25, 0.3) is 0 Å². The number of methoxy groups -OCH3 is 1. The fourth-order valence-corrected chi connectivity index (χ4v) is 2.44. The molecule has 0 unspecified atom stereocenters. The van der Waals surface area contributed by atoms with Gasteiger partial charge in [-0.2, -0.15) is 0 Å². The molecule has 0 aliphatic rings. The van der Waals surface area contributed by atoms with E-state index in [1.807, 2.05) is 6.07 Å². The van der Waals surface area contributed by atoms with E-state index >= 15 is 0 Å². The van der Waals surface area contributed by atoms with Crippen molar-refractivity contribution in [2.75, 3.05) is 13.7 Å². The fourth-order valence-electron chi connectivity index (χ4n) is 1.71. The molecule has 0 heterocycles. The molecule has 0 fully saturated rings. The van der Waals surface area contributed by atoms with Gasteiger partial charge in [-0.25, -0.2) is 0 Å². The van der Waals surface area contributed by atoms with E-state index < -0.39 is 11.8 Å². The van der Waals surface area contributed by atoms with Crippen molar-refractivity contribution in [3.63, 3.8) is 0 Å². The summed E-state index contributed by atoms with van der Waals surface area (Å²) < 4.78 is 11.2. The van der Waals surface area contributed by atoms with E-state index in [-0.39, 0.29) is 6.61 Å². The van der Waals surface area contributed by atoms with Crippen molar-refractivity contribution in [1.82, 2.24) is 10.9 Å². The van der Waals surface area contributed by atoms with Crippen molar-refractivity contribution >= 4 is 34.4 Å². The van der Waals surface area contributed by atoms with Crippen molar-refractivity contribution in [3.8, 4) is 11.5 Å². The molecule has 2 N–H and O–H groups in total. The summed E-state index contributed by atoms with van der Waals surface area (Å²) in [5.74, 6) is 0.394. The molecule has 2 amide bonds. The molecule has 6 nitrogen and oxygen atoms in total. The summed E-state index contributed by atoms with van der Waals surface area (Å²) in [4.78, 5) is 23.6. The number of carbonyl (C=O) groups excluding carboxylic acids is 2. The maximum atomic E-state index is 12.0. The Morgan fingerprint density at radius 2 is 1.83 bits per heavy atom. The number of amides is 2. The summed E-state index contributed by atoms with van der Waals surface area (Å²) in [5, 5.41) is 0. The maximum absolute atomic E-state index is 12.0. The van der Waals surface area contributed by atoms with Gasteiger partial charge in [-0.1, -0.05) is 18.2 Å². The summed E-state index contributed by atoms with van der Waals surface area (Å²) >= 11 is 2.07. The summed E-state index contributed by atoms with van der Waals surface area (Å²) in [5.41, 5.74) is 5.06. The first kappa shape index (κ1) is 17.1. The Labute approximate surface area is 147 Å². The van der Waals surface area contributed by atoms with Crippen LogP contribution in [0.2, 0.25) is 0 Å². The van der Waals surface area contributed by atoms with Crippen molar-refractivity contribution < 1.29 is 19.1 Å². The standard InChI is InChI=1S/C16H15IN2O4/c1-22-14-8-7-11(9-13(14)17)16(21)19-18-15(20)10-23-12-5-3-2-4-6-12/h2-9H,10H2,1H3,(H,18,20)(H,19,21). The van der Waals surface area contributed by atoms with Crippen molar-refractivity contribution in [2.24, 2.45) is 0 Å². The zero-order chi connectivity index (χ0) is 16.7. The smallest absolute Gasteiger partial charge is 0.276 e. The average molecular weight is 426 g/mol. The van der Waals surface area contributed by atoms with Crippen LogP contribution in [0.15, 0.2) is 48.5 Å². The SMILES string of the molecule is COc1ccc(C(=O)NNC(=O)COc2ccccc2)cc1I. The van der Waals surface area contributed by atoms with Crippen LogP contribution in [-0.2, 0) is 4.79 Å². The molecule has 2 rings (SSSR count). The third-order valence-corrected chi connectivity index (χ3v) is 3.69. The number of hydrazine groups is 1. The molecule has 0 radical (unpaired) electrons. The lowest BCUT2D eigenvalue weighted by atomic mass is 10.2. The van der Waals surface area contributed by atoms with E-state index in [0.29, 0.717) is 17.1 Å². The van der Waals surface area contributed by atoms with Gasteiger partial charge in [0.1, 0.15) is 11.5 Å². The minimum Gasteiger partial charge on any atom is -0.496 e. The van der Waals surface area contributed by atoms with Crippen LogP contribution in [-0.4, -0.2) is 25.5 Å². The molecule has 0 aliphatic carbocycles. The van der Waals surface area contributed by atoms with Crippen molar-refractivity contribution in [1.29, 1.82) is 0 Å². The van der Waals surface area contributed by atoms with E-state index in [4.69, 9.17) is 9.47 Å². The van der Waals surface area contributed by atoms with Gasteiger partial charge >= 0.3 is 0 Å². The highest BCUT2D eigenvalue weighted by molar-refractivity contribution is 14.1. The van der Waals surface area contributed by atoms with Crippen molar-refractivity contribution in [2.45, 2.75) is 0 Å². The summed E-state index contributed by atoms with van der Waals surface area (Å²) in [6, 6.07) is 13.9. The molecule has 0 bridgehead atoms. The number of nitrogens with one attached hydrogen (secondary N) is 2. The zero-order valence-corrected chi connectivity index (χ0v) is 14.5. The third kappa shape index (κ3) is 5.13. The quantitative estimate of drug-likeness (QED) is 0.568. The Morgan fingerprint density at radius 1 is 1.09 bits per heavy atom. The van der Waals surface area contributed by atoms with E-state index in [9.17, 15) is 9.59 Å². The Hall–Kier alpha value is -2.29. The van der Waals surface area contributed by atoms with Crippen molar-refractivity contribution in [3.05, 3.63) is 57.7 Å². The fraction of sp³-hybridized carbons (Fsp3) is 0.125. The highest BCUT2D eigenvalue weighted by Crippen LogP contribution is 2.21. The van der Waals surface area contributed by atoms with E-state index in [0.717, 1.165) is 3.57 Å². The molecule has 2 aromatic rings. The van der Waals surface area contributed by atoms with Gasteiger partial charge in [0.05, 0.1) is 10.7 Å². The summed E-state index contributed by atoms with van der Waals surface area (Å²) in [6.45, 7) is -0.190. The highest BCUT2D eigenvalue weighted by Gasteiger charge is 2.10. The molecule has 0 aliphatic heterocycles. The van der Waals surface area contributed by atoms with Crippen LogP contribution in [0.3, 0.4) is 0 Å². The summed E-state index contributed by atoms with van der Waals surface area (Å²) in [7, 11) is 1.56. The first-order chi connectivity index (χ1) is 11.1. The molecule has 0 spiro atoms. The Morgan fingerprint density at radius 3 is 2.48 bits per heavy atom. The number of benzene rings is 2. The second-order valence-corrected chi connectivity index (χ2v) is 5.62. The lowest BCUT2D eigenvalue weighted by molar-refractivity contribution is -0.123. The predicted molar refractivity (Wildman–Crippen MR) is 93.3 cm³/mol. The highest BCUT2D eigenvalue weighted by atomic mass is 127. The second kappa shape index (κ2) is 8.37. The molecule has 0 aromatic heterocycles. The number of hydrogen-bond donors (Lipinski definition) is 2. The number of rotatable bonds is 5. The molecule has 120 valence electrons. The lowest BCUT2D eigenvalue weighted by Gasteiger charge is -2.10. The van der Waals surface area contributed by atoms with Crippen LogP contribution in [0.1, 0.15) is 10.4 Å². The second-order valence-electron chi connectivity index (χ2n) is 4.45. The van der Waals surface area contributed by atoms with Gasteiger partial charge < -0.3 is 9.47 Å². The Kier molecular flexibility index (Phi) is 6.21. The monoisotopic (exact) mass is 426 g/mol. The van der Waals surface area contributed by atoms with Gasteiger partial charge in [0, 0.05) is 5.56 Å². The molecule has 0 saturated carbocycles. The maximum Gasteiger partial charge on any atom is 0.276 e. The number of hydrogen-bond acceptors (Lipinski definition) is 4. The van der Waals surface area contributed by atoms with E-state index in [1.165, 1.54) is 0 Å². The average Bonchev–Trinajstić information content (AvgIpc) is 2.58. The minimum atomic E-state index is -0.453. The van der Waals surface area contributed by atoms with Gasteiger partial charge in [-0.05, 0) is 52.9 Å². The van der Waals surface area contributed by atoms with Gasteiger partial charge in [0.25, 0.3) is 11.8 Å². The first-order valence-electron chi connectivity index (χ1n) is 6.70. The summed E-state index contributed by atoms with van der Waals surface area (Å²) in [6.07, 6.45) is 0. The molecular weight excluding hydrogens is 411 g/mol. The minimum absolute atomic E-state index is 0.190. The molecule has 23 heavy (non-hydrogen) atoms. The topological polar surface area (TPSA) is 76.7 Å². The van der Waals surface area contributed by atoms with E-state index in [2.05, 4.69) is 33.4 Å². The van der Waals surface area contributed by atoms with Crippen LogP contribution < -0.4 is 20.3 Å². The molecule has 7 heteroatoms. The lowest BCUT2D eigenvalue weighted by Crippen LogP contribution is -2.43. The zero-order valence-electron chi connectivity index (χ0n) is 12.3. The Balaban J connectivity index is 1.81. The largest absolute Gasteiger partial charge is 0.496 e. The third-order valence-electron chi connectivity index (χ3n) is 2.84. The predicted octanol–water partition coefficient (Wildman–Crippen LogP) is 2.14. The van der Waals surface area contributed by atoms with Crippen LogP contribution >= 0.6 is 22.6 Å².